The molecule has 0 radical (unpaired) electrons. The number of hydrogen-bond donors (Lipinski definition) is 0. The summed E-state index contributed by atoms with van der Waals surface area (Å²) in [6.07, 6.45) is -2.80. The molecule has 0 spiro atoms. The molecule has 15 heavy (non-hydrogen) atoms. The molecular weight excluding hydrogens is 252 g/mol. The number of nitrogens with zero attached hydrogens (tertiary/aromatic N) is 1. The van der Waals surface area contributed by atoms with E-state index < -0.39 is 31.9 Å². The van der Waals surface area contributed by atoms with Crippen molar-refractivity contribution in [3.8, 4) is 5.88 Å². The molecular formula is C7H6ClF2NO3S. The zero-order valence-electron chi connectivity index (χ0n) is 7.45. The average molecular weight is 258 g/mol. The standard InChI is InChI=1S/C7H6ClF2NO3S/c1-14-7-5(15(8,12)13)3-2-4(11-7)6(9)10/h2-3,6H,1H3. The summed E-state index contributed by atoms with van der Waals surface area (Å²) in [7, 11) is 2.11. The Bertz CT molecular complexity index is 463. The normalized spacial score (nSPS) is 11.8. The predicted molar refractivity (Wildman–Crippen MR) is 48.8 cm³/mol. The van der Waals surface area contributed by atoms with E-state index in [0.29, 0.717) is 0 Å². The molecule has 0 unspecified atom stereocenters. The SMILES string of the molecule is COc1nc(C(F)F)ccc1S(=O)(=O)Cl. The Kier molecular flexibility index (Phi) is 3.46. The van der Waals surface area contributed by atoms with Crippen LogP contribution < -0.4 is 4.74 Å². The Morgan fingerprint density at radius 3 is 2.47 bits per heavy atom. The first-order chi connectivity index (χ1) is 6.86. The molecule has 4 nitrogen and oxygen atoms in total. The summed E-state index contributed by atoms with van der Waals surface area (Å²) in [6, 6.07) is 1.80. The number of aromatic nitrogens is 1. The molecule has 0 saturated heterocycles. The highest BCUT2D eigenvalue weighted by Gasteiger charge is 2.20. The van der Waals surface area contributed by atoms with Gasteiger partial charge in [-0.05, 0) is 12.1 Å². The molecule has 0 saturated carbocycles. The maximum absolute atomic E-state index is 12.2. The highest BCUT2D eigenvalue weighted by molar-refractivity contribution is 8.13. The smallest absolute Gasteiger partial charge is 0.280 e. The second-order valence-electron chi connectivity index (χ2n) is 2.48. The van der Waals surface area contributed by atoms with Gasteiger partial charge in [-0.25, -0.2) is 22.2 Å². The molecule has 0 amide bonds. The summed E-state index contributed by atoms with van der Waals surface area (Å²) in [5.41, 5.74) is -0.573. The first kappa shape index (κ1) is 12.1. The number of methoxy groups -OCH3 is 1. The second kappa shape index (κ2) is 4.28. The van der Waals surface area contributed by atoms with Crippen LogP contribution in [0.5, 0.6) is 5.88 Å². The topological polar surface area (TPSA) is 56.3 Å². The molecule has 1 heterocycles. The maximum atomic E-state index is 12.2. The highest BCUT2D eigenvalue weighted by atomic mass is 35.7. The molecule has 1 rings (SSSR count). The molecule has 0 atom stereocenters. The van der Waals surface area contributed by atoms with Crippen molar-refractivity contribution >= 4 is 19.7 Å². The lowest BCUT2D eigenvalue weighted by Crippen LogP contribution is -2.01. The van der Waals surface area contributed by atoms with Crippen LogP contribution in [0.1, 0.15) is 12.1 Å². The lowest BCUT2D eigenvalue weighted by Gasteiger charge is -2.06. The quantitative estimate of drug-likeness (QED) is 0.777. The molecule has 0 bridgehead atoms. The summed E-state index contributed by atoms with van der Waals surface area (Å²) in [5, 5.41) is 0. The van der Waals surface area contributed by atoms with Crippen LogP contribution in [0.25, 0.3) is 0 Å². The van der Waals surface area contributed by atoms with Gasteiger partial charge in [0.15, 0.2) is 0 Å². The zero-order valence-corrected chi connectivity index (χ0v) is 9.02. The summed E-state index contributed by atoms with van der Waals surface area (Å²) >= 11 is 0. The van der Waals surface area contributed by atoms with E-state index in [1.807, 2.05) is 0 Å². The summed E-state index contributed by atoms with van der Waals surface area (Å²) in [6.45, 7) is 0. The molecule has 0 aliphatic rings. The molecule has 8 heteroatoms. The van der Waals surface area contributed by atoms with Gasteiger partial charge in [-0.3, -0.25) is 0 Å². The van der Waals surface area contributed by atoms with Gasteiger partial charge >= 0.3 is 0 Å². The minimum absolute atomic E-state index is 0.434. The number of ether oxygens (including phenoxy) is 1. The van der Waals surface area contributed by atoms with Crippen LogP contribution in [0.15, 0.2) is 17.0 Å². The van der Waals surface area contributed by atoms with Crippen molar-refractivity contribution < 1.29 is 21.9 Å². The number of rotatable bonds is 3. The fourth-order valence-corrected chi connectivity index (χ4v) is 1.82. The van der Waals surface area contributed by atoms with Crippen LogP contribution in [-0.2, 0) is 9.05 Å². The fourth-order valence-electron chi connectivity index (χ4n) is 0.895. The van der Waals surface area contributed by atoms with E-state index in [-0.39, 0.29) is 0 Å². The Labute approximate surface area is 89.3 Å². The minimum Gasteiger partial charge on any atom is -0.480 e. The largest absolute Gasteiger partial charge is 0.480 e. The first-order valence-electron chi connectivity index (χ1n) is 3.64. The zero-order chi connectivity index (χ0) is 11.6. The Morgan fingerprint density at radius 2 is 2.07 bits per heavy atom. The maximum Gasteiger partial charge on any atom is 0.280 e. The predicted octanol–water partition coefficient (Wildman–Crippen LogP) is 1.96. The van der Waals surface area contributed by atoms with E-state index in [9.17, 15) is 17.2 Å². The number of pyridine rings is 1. The van der Waals surface area contributed by atoms with Gasteiger partial charge in [-0.2, -0.15) is 0 Å². The van der Waals surface area contributed by atoms with Crippen molar-refractivity contribution in [2.75, 3.05) is 7.11 Å². The van der Waals surface area contributed by atoms with E-state index in [0.717, 1.165) is 19.2 Å². The minimum atomic E-state index is -4.05. The summed E-state index contributed by atoms with van der Waals surface area (Å²) in [5.74, 6) is -0.442. The highest BCUT2D eigenvalue weighted by Crippen LogP contribution is 2.27. The van der Waals surface area contributed by atoms with Crippen LogP contribution in [0.2, 0.25) is 0 Å². The monoisotopic (exact) mass is 257 g/mol. The van der Waals surface area contributed by atoms with Crippen molar-refractivity contribution in [2.24, 2.45) is 0 Å². The molecule has 0 aliphatic carbocycles. The Balaban J connectivity index is 3.34. The molecule has 0 aromatic carbocycles. The number of alkyl halides is 2. The van der Waals surface area contributed by atoms with Gasteiger partial charge in [0.1, 0.15) is 10.6 Å². The van der Waals surface area contributed by atoms with Gasteiger partial charge in [0.2, 0.25) is 5.88 Å². The first-order valence-corrected chi connectivity index (χ1v) is 5.95. The number of halogens is 3. The van der Waals surface area contributed by atoms with Gasteiger partial charge in [0.05, 0.1) is 7.11 Å². The Hall–Kier alpha value is -0.950. The molecule has 1 aromatic rings. The van der Waals surface area contributed by atoms with Crippen LogP contribution in [-0.4, -0.2) is 20.5 Å². The van der Waals surface area contributed by atoms with Gasteiger partial charge in [0, 0.05) is 10.7 Å². The molecule has 0 aliphatic heterocycles. The fraction of sp³-hybridized carbons (Fsp3) is 0.286. The van der Waals surface area contributed by atoms with Crippen molar-refractivity contribution in [2.45, 2.75) is 11.3 Å². The molecule has 0 fully saturated rings. The van der Waals surface area contributed by atoms with E-state index >= 15 is 0 Å². The van der Waals surface area contributed by atoms with Gasteiger partial charge in [-0.15, -0.1) is 0 Å². The van der Waals surface area contributed by atoms with E-state index in [1.54, 1.807) is 0 Å². The molecule has 0 N–H and O–H groups in total. The van der Waals surface area contributed by atoms with Gasteiger partial charge in [-0.1, -0.05) is 0 Å². The van der Waals surface area contributed by atoms with E-state index in [1.165, 1.54) is 0 Å². The van der Waals surface area contributed by atoms with Crippen LogP contribution in [0, 0.1) is 0 Å². The Morgan fingerprint density at radius 1 is 1.47 bits per heavy atom. The van der Waals surface area contributed by atoms with Crippen LogP contribution in [0.4, 0.5) is 8.78 Å². The van der Waals surface area contributed by atoms with Gasteiger partial charge in [0.25, 0.3) is 15.5 Å². The second-order valence-corrected chi connectivity index (χ2v) is 5.02. The van der Waals surface area contributed by atoms with E-state index in [4.69, 9.17) is 10.7 Å². The van der Waals surface area contributed by atoms with Crippen molar-refractivity contribution in [3.63, 3.8) is 0 Å². The molecule has 1 aromatic heterocycles. The van der Waals surface area contributed by atoms with Crippen LogP contribution >= 0.6 is 10.7 Å². The third-order valence-electron chi connectivity index (χ3n) is 1.53. The molecule has 84 valence electrons. The lowest BCUT2D eigenvalue weighted by molar-refractivity contribution is 0.144. The lowest BCUT2D eigenvalue weighted by atomic mass is 10.3. The third kappa shape index (κ3) is 2.75. The third-order valence-corrected chi connectivity index (χ3v) is 2.86. The van der Waals surface area contributed by atoms with Crippen molar-refractivity contribution in [1.29, 1.82) is 0 Å². The summed E-state index contributed by atoms with van der Waals surface area (Å²) < 4.78 is 50.9. The average Bonchev–Trinajstić information content (AvgIpc) is 2.15. The number of hydrogen-bond acceptors (Lipinski definition) is 4. The summed E-state index contributed by atoms with van der Waals surface area (Å²) in [4.78, 5) is 2.89. The van der Waals surface area contributed by atoms with Crippen molar-refractivity contribution in [1.82, 2.24) is 4.98 Å². The van der Waals surface area contributed by atoms with Crippen molar-refractivity contribution in [3.05, 3.63) is 17.8 Å². The van der Waals surface area contributed by atoms with E-state index in [2.05, 4.69) is 9.72 Å². The van der Waals surface area contributed by atoms with Crippen LogP contribution in [0.3, 0.4) is 0 Å². The van der Waals surface area contributed by atoms with Gasteiger partial charge < -0.3 is 4.74 Å².